The van der Waals surface area contributed by atoms with Crippen molar-refractivity contribution >= 4 is 23.2 Å². The molecule has 0 bridgehead atoms. The van der Waals surface area contributed by atoms with Crippen LogP contribution in [0.25, 0.3) is 0 Å². The normalized spacial score (nSPS) is 12.4. The topological polar surface area (TPSA) is 32.3 Å². The Hall–Kier alpha value is -1.06. The molecule has 0 aliphatic rings. The van der Waals surface area contributed by atoms with Crippen LogP contribution in [0.3, 0.4) is 0 Å². The maximum Gasteiger partial charge on any atom is 0.0928 e. The molecule has 0 spiro atoms. The third-order valence-electron chi connectivity index (χ3n) is 2.82. The summed E-state index contributed by atoms with van der Waals surface area (Å²) in [7, 11) is 0. The van der Waals surface area contributed by atoms with Crippen molar-refractivity contribution in [3.63, 3.8) is 0 Å². The maximum atomic E-state index is 10.1. The van der Waals surface area contributed by atoms with Gasteiger partial charge in [-0.25, -0.2) is 0 Å². The Bertz CT molecular complexity index is 545. The first-order valence-corrected chi connectivity index (χ1v) is 6.80. The van der Waals surface area contributed by atoms with Crippen LogP contribution in [0, 0.1) is 0 Å². The summed E-state index contributed by atoms with van der Waals surface area (Å²) in [5.74, 6) is 0. The molecular formula is C15H15Cl2NO. The van der Waals surface area contributed by atoms with Gasteiger partial charge in [-0.2, -0.15) is 0 Å². The second kappa shape index (κ2) is 6.92. The number of halogens is 2. The predicted molar refractivity (Wildman–Crippen MR) is 79.6 cm³/mol. The van der Waals surface area contributed by atoms with E-state index in [1.54, 1.807) is 6.07 Å². The average Bonchev–Trinajstić information content (AvgIpc) is 2.39. The van der Waals surface area contributed by atoms with Gasteiger partial charge in [0.2, 0.25) is 0 Å². The molecule has 2 nitrogen and oxygen atoms in total. The van der Waals surface area contributed by atoms with Crippen LogP contribution < -0.4 is 5.32 Å². The van der Waals surface area contributed by atoms with Gasteiger partial charge in [-0.1, -0.05) is 53.5 Å². The molecule has 0 heterocycles. The third-order valence-corrected chi connectivity index (χ3v) is 3.40. The summed E-state index contributed by atoms with van der Waals surface area (Å²) in [6.45, 7) is 1.10. The highest BCUT2D eigenvalue weighted by atomic mass is 35.5. The lowest BCUT2D eigenvalue weighted by atomic mass is 10.1. The van der Waals surface area contributed by atoms with E-state index in [1.165, 1.54) is 0 Å². The van der Waals surface area contributed by atoms with E-state index in [0.29, 0.717) is 23.1 Å². The van der Waals surface area contributed by atoms with Crippen LogP contribution in [0.15, 0.2) is 48.5 Å². The van der Waals surface area contributed by atoms with Gasteiger partial charge in [0.1, 0.15) is 0 Å². The van der Waals surface area contributed by atoms with Gasteiger partial charge in [0.05, 0.1) is 6.10 Å². The number of aliphatic hydroxyl groups excluding tert-OH is 1. The lowest BCUT2D eigenvalue weighted by Crippen LogP contribution is -2.21. The highest BCUT2D eigenvalue weighted by molar-refractivity contribution is 6.31. The van der Waals surface area contributed by atoms with Gasteiger partial charge in [0.15, 0.2) is 0 Å². The van der Waals surface area contributed by atoms with E-state index in [2.05, 4.69) is 5.32 Å². The van der Waals surface area contributed by atoms with E-state index in [1.807, 2.05) is 42.5 Å². The van der Waals surface area contributed by atoms with Gasteiger partial charge >= 0.3 is 0 Å². The van der Waals surface area contributed by atoms with Crippen molar-refractivity contribution in [2.75, 3.05) is 6.54 Å². The van der Waals surface area contributed by atoms with E-state index < -0.39 is 6.10 Å². The quantitative estimate of drug-likeness (QED) is 0.879. The Kier molecular flexibility index (Phi) is 5.23. The van der Waals surface area contributed by atoms with E-state index in [9.17, 15) is 5.11 Å². The second-order valence-electron chi connectivity index (χ2n) is 4.30. The molecule has 0 fully saturated rings. The largest absolute Gasteiger partial charge is 0.387 e. The minimum atomic E-state index is -0.618. The van der Waals surface area contributed by atoms with Crippen molar-refractivity contribution < 1.29 is 5.11 Å². The maximum absolute atomic E-state index is 10.1. The predicted octanol–water partition coefficient (Wildman–Crippen LogP) is 3.82. The van der Waals surface area contributed by atoms with Crippen molar-refractivity contribution in [3.05, 3.63) is 69.7 Å². The standard InChI is InChI=1S/C15H15Cl2NO/c16-12-5-3-4-11(8-12)9-18-10-15(19)13-6-1-2-7-14(13)17/h1-8,15,18-19H,9-10H2. The molecule has 0 amide bonds. The zero-order chi connectivity index (χ0) is 13.7. The fraction of sp³-hybridized carbons (Fsp3) is 0.200. The molecule has 0 aliphatic carbocycles. The Balaban J connectivity index is 1.88. The molecule has 2 aromatic carbocycles. The van der Waals surface area contributed by atoms with Crippen molar-refractivity contribution in [1.29, 1.82) is 0 Å². The van der Waals surface area contributed by atoms with Gasteiger partial charge in [-0.15, -0.1) is 0 Å². The molecule has 0 aromatic heterocycles. The summed E-state index contributed by atoms with van der Waals surface area (Å²) >= 11 is 11.9. The fourth-order valence-corrected chi connectivity index (χ4v) is 2.33. The summed E-state index contributed by atoms with van der Waals surface area (Å²) in [5, 5.41) is 14.5. The number of aliphatic hydroxyl groups is 1. The number of nitrogens with one attached hydrogen (secondary N) is 1. The molecule has 0 radical (unpaired) electrons. The molecule has 19 heavy (non-hydrogen) atoms. The first-order chi connectivity index (χ1) is 9.16. The Morgan fingerprint density at radius 3 is 2.58 bits per heavy atom. The van der Waals surface area contributed by atoms with Crippen LogP contribution >= 0.6 is 23.2 Å². The summed E-state index contributed by atoms with van der Waals surface area (Å²) < 4.78 is 0. The highest BCUT2D eigenvalue weighted by Crippen LogP contribution is 2.21. The van der Waals surface area contributed by atoms with Gasteiger partial charge in [-0.05, 0) is 23.8 Å². The smallest absolute Gasteiger partial charge is 0.0928 e. The van der Waals surface area contributed by atoms with Crippen LogP contribution in [0.5, 0.6) is 0 Å². The lowest BCUT2D eigenvalue weighted by Gasteiger charge is -2.13. The van der Waals surface area contributed by atoms with Gasteiger partial charge in [0, 0.05) is 28.7 Å². The molecule has 2 rings (SSSR count). The molecular weight excluding hydrogens is 281 g/mol. The van der Waals surface area contributed by atoms with Gasteiger partial charge in [0.25, 0.3) is 0 Å². The number of hydrogen-bond acceptors (Lipinski definition) is 2. The average molecular weight is 296 g/mol. The summed E-state index contributed by atoms with van der Waals surface area (Å²) in [4.78, 5) is 0. The number of hydrogen-bond donors (Lipinski definition) is 2. The Labute approximate surface area is 123 Å². The molecule has 100 valence electrons. The molecule has 4 heteroatoms. The van der Waals surface area contributed by atoms with Crippen molar-refractivity contribution in [2.45, 2.75) is 12.6 Å². The number of benzene rings is 2. The van der Waals surface area contributed by atoms with Crippen molar-refractivity contribution in [1.82, 2.24) is 5.32 Å². The van der Waals surface area contributed by atoms with Crippen molar-refractivity contribution in [2.24, 2.45) is 0 Å². The number of rotatable bonds is 5. The van der Waals surface area contributed by atoms with E-state index >= 15 is 0 Å². The van der Waals surface area contributed by atoms with E-state index in [-0.39, 0.29) is 0 Å². The summed E-state index contributed by atoms with van der Waals surface area (Å²) in [6, 6.07) is 14.9. The van der Waals surface area contributed by atoms with Crippen LogP contribution in [-0.2, 0) is 6.54 Å². The first kappa shape index (κ1) is 14.4. The van der Waals surface area contributed by atoms with E-state index in [0.717, 1.165) is 11.1 Å². The molecule has 1 atom stereocenters. The van der Waals surface area contributed by atoms with Crippen LogP contribution in [0.1, 0.15) is 17.2 Å². The van der Waals surface area contributed by atoms with Crippen LogP contribution in [-0.4, -0.2) is 11.7 Å². The molecule has 0 saturated heterocycles. The van der Waals surface area contributed by atoms with Crippen LogP contribution in [0.2, 0.25) is 10.0 Å². The molecule has 0 saturated carbocycles. The lowest BCUT2D eigenvalue weighted by molar-refractivity contribution is 0.174. The highest BCUT2D eigenvalue weighted by Gasteiger charge is 2.10. The molecule has 2 N–H and O–H groups in total. The Morgan fingerprint density at radius 1 is 1.05 bits per heavy atom. The summed E-state index contributed by atoms with van der Waals surface area (Å²) in [5.41, 5.74) is 1.82. The zero-order valence-electron chi connectivity index (χ0n) is 10.3. The van der Waals surface area contributed by atoms with Crippen LogP contribution in [0.4, 0.5) is 0 Å². The SMILES string of the molecule is OC(CNCc1cccc(Cl)c1)c1ccccc1Cl. The Morgan fingerprint density at radius 2 is 1.84 bits per heavy atom. The van der Waals surface area contributed by atoms with Crippen molar-refractivity contribution in [3.8, 4) is 0 Å². The van der Waals surface area contributed by atoms with E-state index in [4.69, 9.17) is 23.2 Å². The van der Waals surface area contributed by atoms with Gasteiger partial charge < -0.3 is 10.4 Å². The molecule has 2 aromatic rings. The fourth-order valence-electron chi connectivity index (χ4n) is 1.86. The molecule has 0 aliphatic heterocycles. The van der Waals surface area contributed by atoms with Gasteiger partial charge in [-0.3, -0.25) is 0 Å². The monoisotopic (exact) mass is 295 g/mol. The summed E-state index contributed by atoms with van der Waals surface area (Å²) in [6.07, 6.45) is -0.618. The first-order valence-electron chi connectivity index (χ1n) is 6.04. The third kappa shape index (κ3) is 4.22. The molecule has 1 unspecified atom stereocenters. The minimum Gasteiger partial charge on any atom is -0.387 e. The second-order valence-corrected chi connectivity index (χ2v) is 5.14. The zero-order valence-corrected chi connectivity index (χ0v) is 11.8. The minimum absolute atomic E-state index is 0.441.